The van der Waals surface area contributed by atoms with Crippen LogP contribution in [0.5, 0.6) is 0 Å². The van der Waals surface area contributed by atoms with Crippen LogP contribution in [-0.2, 0) is 10.0 Å². The van der Waals surface area contributed by atoms with E-state index in [0.717, 1.165) is 37.0 Å². The molecule has 1 unspecified atom stereocenters. The molecule has 1 saturated carbocycles. The minimum Gasteiger partial charge on any atom is -0.329 e. The van der Waals surface area contributed by atoms with Gasteiger partial charge in [0.05, 0.1) is 4.34 Å². The highest BCUT2D eigenvalue weighted by Gasteiger charge is 2.30. The Balaban J connectivity index is 0.00000200. The summed E-state index contributed by atoms with van der Waals surface area (Å²) in [6, 6.07) is 1.14. The Morgan fingerprint density at radius 3 is 2.45 bits per heavy atom. The number of nitrogens with one attached hydrogen (secondary N) is 1. The van der Waals surface area contributed by atoms with Crippen LogP contribution in [-0.4, -0.2) is 21.0 Å². The van der Waals surface area contributed by atoms with E-state index in [9.17, 15) is 8.42 Å². The molecule has 0 amide bonds. The molecule has 9 heteroatoms. The highest BCUT2D eigenvalue weighted by Crippen LogP contribution is 2.35. The van der Waals surface area contributed by atoms with Gasteiger partial charge in [0.2, 0.25) is 10.0 Å². The fourth-order valence-electron chi connectivity index (χ4n) is 2.47. The smallest absolute Gasteiger partial charge is 0.243 e. The van der Waals surface area contributed by atoms with Gasteiger partial charge in [0, 0.05) is 12.6 Å². The molecule has 1 aromatic rings. The van der Waals surface area contributed by atoms with Crippen LogP contribution in [0.2, 0.25) is 8.67 Å². The van der Waals surface area contributed by atoms with Crippen molar-refractivity contribution >= 4 is 57.0 Å². The molecule has 0 spiro atoms. The van der Waals surface area contributed by atoms with Gasteiger partial charge in [0.1, 0.15) is 9.23 Å². The summed E-state index contributed by atoms with van der Waals surface area (Å²) in [6.45, 7) is 0.291. The molecule has 116 valence electrons. The van der Waals surface area contributed by atoms with Crippen molar-refractivity contribution in [2.24, 2.45) is 11.7 Å². The van der Waals surface area contributed by atoms with Gasteiger partial charge in [0.15, 0.2) is 0 Å². The van der Waals surface area contributed by atoms with Crippen molar-refractivity contribution in [3.63, 3.8) is 0 Å². The second-order valence-corrected chi connectivity index (χ2v) is 8.66. The highest BCUT2D eigenvalue weighted by molar-refractivity contribution is 7.89. The Kier molecular flexibility index (Phi) is 7.05. The maximum atomic E-state index is 12.3. The number of sulfonamides is 1. The van der Waals surface area contributed by atoms with Crippen molar-refractivity contribution in [1.29, 1.82) is 0 Å². The second kappa shape index (κ2) is 7.63. The highest BCUT2D eigenvalue weighted by atomic mass is 35.5. The molecule has 0 aliphatic heterocycles. The zero-order valence-corrected chi connectivity index (χ0v) is 14.6. The van der Waals surface area contributed by atoms with E-state index in [0.29, 0.717) is 16.8 Å². The second-order valence-electron chi connectivity index (χ2n) is 4.70. The van der Waals surface area contributed by atoms with Gasteiger partial charge >= 0.3 is 0 Å². The third-order valence-electron chi connectivity index (χ3n) is 3.44. The molecular formula is C11H17Cl3N2O2S2. The zero-order chi connectivity index (χ0) is 14.0. The van der Waals surface area contributed by atoms with Crippen molar-refractivity contribution in [1.82, 2.24) is 4.72 Å². The largest absolute Gasteiger partial charge is 0.329 e. The van der Waals surface area contributed by atoms with Crippen LogP contribution in [0.3, 0.4) is 0 Å². The van der Waals surface area contributed by atoms with Gasteiger partial charge in [-0.1, -0.05) is 36.0 Å². The van der Waals surface area contributed by atoms with Crippen molar-refractivity contribution < 1.29 is 8.42 Å². The fraction of sp³-hybridized carbons (Fsp3) is 0.636. The SMILES string of the molecule is Cl.NCC(NS(=O)(=O)c1cc(Cl)sc1Cl)C1CCCC1. The Bertz CT molecular complexity index is 542. The van der Waals surface area contributed by atoms with E-state index in [1.165, 1.54) is 6.07 Å². The summed E-state index contributed by atoms with van der Waals surface area (Å²) in [6.07, 6.45) is 4.30. The molecule has 3 N–H and O–H groups in total. The topological polar surface area (TPSA) is 72.2 Å². The zero-order valence-electron chi connectivity index (χ0n) is 10.6. The minimum absolute atomic E-state index is 0. The predicted molar refractivity (Wildman–Crippen MR) is 86.7 cm³/mol. The molecule has 1 atom stereocenters. The van der Waals surface area contributed by atoms with E-state index in [-0.39, 0.29) is 27.7 Å². The first-order chi connectivity index (χ1) is 8.94. The number of hydrogen-bond acceptors (Lipinski definition) is 4. The Morgan fingerprint density at radius 2 is 2.00 bits per heavy atom. The summed E-state index contributed by atoms with van der Waals surface area (Å²) in [4.78, 5) is 0.0422. The van der Waals surface area contributed by atoms with Crippen LogP contribution in [0.25, 0.3) is 0 Å². The molecule has 0 bridgehead atoms. The lowest BCUT2D eigenvalue weighted by Crippen LogP contribution is -2.44. The molecule has 0 radical (unpaired) electrons. The van der Waals surface area contributed by atoms with Crippen molar-refractivity contribution in [2.45, 2.75) is 36.6 Å². The van der Waals surface area contributed by atoms with Gasteiger partial charge in [-0.15, -0.1) is 23.7 Å². The molecule has 4 nitrogen and oxygen atoms in total. The summed E-state index contributed by atoms with van der Waals surface area (Å²) >= 11 is 12.7. The van der Waals surface area contributed by atoms with E-state index in [1.54, 1.807) is 0 Å². The molecule has 20 heavy (non-hydrogen) atoms. The summed E-state index contributed by atoms with van der Waals surface area (Å²) < 4.78 is 27.8. The maximum absolute atomic E-state index is 12.3. The van der Waals surface area contributed by atoms with E-state index < -0.39 is 10.0 Å². The molecule has 1 aliphatic carbocycles. The minimum atomic E-state index is -3.65. The van der Waals surface area contributed by atoms with Gasteiger partial charge in [-0.2, -0.15) is 0 Å². The van der Waals surface area contributed by atoms with E-state index in [1.807, 2.05) is 0 Å². The fourth-order valence-corrected chi connectivity index (χ4v) is 5.93. The molecular weight excluding hydrogens is 363 g/mol. The van der Waals surface area contributed by atoms with Gasteiger partial charge < -0.3 is 5.73 Å². The Hall–Kier alpha value is 0.440. The molecule has 0 saturated heterocycles. The van der Waals surface area contributed by atoms with Crippen LogP contribution in [0.1, 0.15) is 25.7 Å². The first kappa shape index (κ1) is 18.5. The molecule has 1 aliphatic rings. The van der Waals surface area contributed by atoms with Gasteiger partial charge in [-0.05, 0) is 24.8 Å². The molecule has 1 fully saturated rings. The summed E-state index contributed by atoms with van der Waals surface area (Å²) in [5, 5.41) is 0. The first-order valence-electron chi connectivity index (χ1n) is 6.11. The van der Waals surface area contributed by atoms with Gasteiger partial charge in [-0.25, -0.2) is 13.1 Å². The lowest BCUT2D eigenvalue weighted by atomic mass is 9.99. The number of thiophene rings is 1. The quantitative estimate of drug-likeness (QED) is 0.824. The maximum Gasteiger partial charge on any atom is 0.243 e. The van der Waals surface area contributed by atoms with E-state index in [4.69, 9.17) is 28.9 Å². The summed E-state index contributed by atoms with van der Waals surface area (Å²) in [5.41, 5.74) is 5.70. The number of rotatable bonds is 5. The molecule has 0 aromatic carbocycles. The first-order valence-corrected chi connectivity index (χ1v) is 9.17. The monoisotopic (exact) mass is 378 g/mol. The van der Waals surface area contributed by atoms with Crippen LogP contribution in [0, 0.1) is 5.92 Å². The average Bonchev–Trinajstić information content (AvgIpc) is 2.96. The third-order valence-corrected chi connectivity index (χ3v) is 6.69. The van der Waals surface area contributed by atoms with Gasteiger partial charge in [-0.3, -0.25) is 0 Å². The predicted octanol–water partition coefficient (Wildman–Crippen LogP) is 3.27. The van der Waals surface area contributed by atoms with Crippen molar-refractivity contribution in [3.05, 3.63) is 14.7 Å². The molecule has 1 heterocycles. The summed E-state index contributed by atoms with van der Waals surface area (Å²) in [5.74, 6) is 0.313. The van der Waals surface area contributed by atoms with E-state index >= 15 is 0 Å². The van der Waals surface area contributed by atoms with E-state index in [2.05, 4.69) is 4.72 Å². The normalized spacial score (nSPS) is 17.9. The van der Waals surface area contributed by atoms with Crippen molar-refractivity contribution in [2.75, 3.05) is 6.54 Å². The van der Waals surface area contributed by atoms with Gasteiger partial charge in [0.25, 0.3) is 0 Å². The Morgan fingerprint density at radius 1 is 1.40 bits per heavy atom. The molecule has 1 aromatic heterocycles. The molecule has 2 rings (SSSR count). The number of halogens is 3. The van der Waals surface area contributed by atoms with Crippen LogP contribution < -0.4 is 10.5 Å². The van der Waals surface area contributed by atoms with Crippen LogP contribution >= 0.6 is 46.9 Å². The van der Waals surface area contributed by atoms with Crippen LogP contribution in [0.4, 0.5) is 0 Å². The lowest BCUT2D eigenvalue weighted by molar-refractivity contribution is 0.405. The average molecular weight is 380 g/mol. The number of hydrogen-bond donors (Lipinski definition) is 2. The van der Waals surface area contributed by atoms with Crippen molar-refractivity contribution in [3.8, 4) is 0 Å². The van der Waals surface area contributed by atoms with Crippen LogP contribution in [0.15, 0.2) is 11.0 Å². The summed E-state index contributed by atoms with van der Waals surface area (Å²) in [7, 11) is -3.65. The number of nitrogens with two attached hydrogens (primary N) is 1. The Labute approximate surface area is 139 Å². The standard InChI is InChI=1S/C11H16Cl2N2O2S2.ClH/c12-10-5-9(11(13)18-10)19(16,17)15-8(6-14)7-3-1-2-4-7;/h5,7-8,15H,1-4,6,14H2;1H. The third kappa shape index (κ3) is 4.22. The lowest BCUT2D eigenvalue weighted by Gasteiger charge is -2.22.